The first kappa shape index (κ1) is 16.6. The van der Waals surface area contributed by atoms with E-state index in [2.05, 4.69) is 34.0 Å². The number of aromatic nitrogens is 6. The van der Waals surface area contributed by atoms with Crippen LogP contribution in [0, 0.1) is 5.92 Å². The minimum atomic E-state index is -0.816. The number of hydrogen-bond acceptors (Lipinski definition) is 5. The third kappa shape index (κ3) is 4.91. The van der Waals surface area contributed by atoms with Crippen LogP contribution in [0.1, 0.15) is 45.8 Å². The van der Waals surface area contributed by atoms with E-state index in [0.29, 0.717) is 25.4 Å². The molecule has 0 unspecified atom stereocenters. The van der Waals surface area contributed by atoms with E-state index in [-0.39, 0.29) is 0 Å². The highest BCUT2D eigenvalue weighted by atomic mass is 16.3. The predicted octanol–water partition coefficient (Wildman–Crippen LogP) is 1.47. The van der Waals surface area contributed by atoms with Crippen molar-refractivity contribution < 1.29 is 5.11 Å². The Balaban J connectivity index is 2.13. The zero-order chi connectivity index (χ0) is 16.2. The lowest BCUT2D eigenvalue weighted by Crippen LogP contribution is -2.28. The zero-order valence-corrected chi connectivity index (χ0v) is 13.9. The minimum Gasteiger partial charge on any atom is -0.389 e. The Morgan fingerprint density at radius 2 is 2.14 bits per heavy atom. The van der Waals surface area contributed by atoms with E-state index in [1.165, 1.54) is 6.33 Å². The monoisotopic (exact) mass is 306 g/mol. The van der Waals surface area contributed by atoms with Gasteiger partial charge in [0, 0.05) is 19.4 Å². The van der Waals surface area contributed by atoms with Gasteiger partial charge in [-0.2, -0.15) is 10.2 Å². The standard InChI is InChI=1S/C15H26N6O/c1-5-12(2)8-13-18-14(6-7-20-11-16-10-17-20)21(19-13)9-15(3,4)22/h10-12,22H,5-9H2,1-4H3/t12-/m1/s1. The molecule has 0 spiro atoms. The molecule has 2 heterocycles. The smallest absolute Gasteiger partial charge is 0.151 e. The van der Waals surface area contributed by atoms with Gasteiger partial charge in [-0.3, -0.25) is 4.68 Å². The molecular weight excluding hydrogens is 280 g/mol. The van der Waals surface area contributed by atoms with Crippen LogP contribution in [-0.2, 0) is 25.9 Å². The Morgan fingerprint density at radius 1 is 1.36 bits per heavy atom. The highest BCUT2D eigenvalue weighted by Gasteiger charge is 2.19. The molecule has 2 aromatic rings. The fourth-order valence-electron chi connectivity index (χ4n) is 2.21. The van der Waals surface area contributed by atoms with E-state index in [1.54, 1.807) is 24.9 Å². The average molecular weight is 306 g/mol. The molecule has 122 valence electrons. The highest BCUT2D eigenvalue weighted by Crippen LogP contribution is 2.13. The van der Waals surface area contributed by atoms with E-state index in [4.69, 9.17) is 0 Å². The lowest BCUT2D eigenvalue weighted by molar-refractivity contribution is 0.0564. The lowest BCUT2D eigenvalue weighted by atomic mass is 10.1. The first-order valence-electron chi connectivity index (χ1n) is 7.84. The summed E-state index contributed by atoms with van der Waals surface area (Å²) in [6.45, 7) is 9.07. The molecule has 2 aromatic heterocycles. The summed E-state index contributed by atoms with van der Waals surface area (Å²) in [5.74, 6) is 2.30. The van der Waals surface area contributed by atoms with E-state index >= 15 is 0 Å². The molecule has 0 fully saturated rings. The summed E-state index contributed by atoms with van der Waals surface area (Å²) in [5.41, 5.74) is -0.816. The summed E-state index contributed by atoms with van der Waals surface area (Å²) >= 11 is 0. The second kappa shape index (κ2) is 7.00. The SMILES string of the molecule is CC[C@@H](C)Cc1nc(CCn2cncn2)n(CC(C)(C)O)n1. The van der Waals surface area contributed by atoms with E-state index in [1.807, 2.05) is 4.68 Å². The van der Waals surface area contributed by atoms with Gasteiger partial charge in [0.05, 0.1) is 12.1 Å². The van der Waals surface area contributed by atoms with Gasteiger partial charge in [0.1, 0.15) is 18.5 Å². The Morgan fingerprint density at radius 3 is 2.73 bits per heavy atom. The van der Waals surface area contributed by atoms with Gasteiger partial charge in [-0.25, -0.2) is 14.6 Å². The van der Waals surface area contributed by atoms with Gasteiger partial charge >= 0.3 is 0 Å². The fraction of sp³-hybridized carbons (Fsp3) is 0.733. The van der Waals surface area contributed by atoms with Crippen molar-refractivity contribution in [3.05, 3.63) is 24.3 Å². The van der Waals surface area contributed by atoms with Gasteiger partial charge in [0.15, 0.2) is 5.82 Å². The van der Waals surface area contributed by atoms with Crippen LogP contribution < -0.4 is 0 Å². The van der Waals surface area contributed by atoms with Crippen LogP contribution in [0.3, 0.4) is 0 Å². The largest absolute Gasteiger partial charge is 0.389 e. The zero-order valence-electron chi connectivity index (χ0n) is 13.9. The van der Waals surface area contributed by atoms with Crippen LogP contribution >= 0.6 is 0 Å². The number of rotatable bonds is 8. The van der Waals surface area contributed by atoms with Gasteiger partial charge in [-0.15, -0.1) is 0 Å². The molecule has 2 rings (SSSR count). The Hall–Kier alpha value is -1.76. The topological polar surface area (TPSA) is 81.7 Å². The maximum atomic E-state index is 10.1. The molecule has 7 nitrogen and oxygen atoms in total. The normalized spacial score (nSPS) is 13.5. The maximum absolute atomic E-state index is 10.1. The van der Waals surface area contributed by atoms with Crippen molar-refractivity contribution >= 4 is 0 Å². The summed E-state index contributed by atoms with van der Waals surface area (Å²) < 4.78 is 3.60. The molecule has 0 radical (unpaired) electrons. The molecule has 7 heteroatoms. The average Bonchev–Trinajstić information content (AvgIpc) is 3.04. The first-order valence-corrected chi connectivity index (χ1v) is 7.84. The molecule has 0 aliphatic carbocycles. The Kier molecular flexibility index (Phi) is 5.28. The quantitative estimate of drug-likeness (QED) is 0.798. The van der Waals surface area contributed by atoms with Gasteiger partial charge in [0.2, 0.25) is 0 Å². The minimum absolute atomic E-state index is 0.438. The molecule has 22 heavy (non-hydrogen) atoms. The van der Waals surface area contributed by atoms with Gasteiger partial charge in [0.25, 0.3) is 0 Å². The van der Waals surface area contributed by atoms with Crippen molar-refractivity contribution in [1.82, 2.24) is 29.5 Å². The number of hydrogen-bond donors (Lipinski definition) is 1. The second-order valence-electron chi connectivity index (χ2n) is 6.54. The van der Waals surface area contributed by atoms with E-state index in [0.717, 1.165) is 24.5 Å². The molecule has 0 saturated carbocycles. The lowest BCUT2D eigenvalue weighted by Gasteiger charge is -2.18. The van der Waals surface area contributed by atoms with Crippen LogP contribution in [0.4, 0.5) is 0 Å². The van der Waals surface area contributed by atoms with Crippen LogP contribution in [-0.4, -0.2) is 40.2 Å². The molecule has 0 bridgehead atoms. The van der Waals surface area contributed by atoms with Crippen molar-refractivity contribution in [1.29, 1.82) is 0 Å². The van der Waals surface area contributed by atoms with Crippen molar-refractivity contribution in [2.24, 2.45) is 5.92 Å². The van der Waals surface area contributed by atoms with E-state index in [9.17, 15) is 5.11 Å². The first-order chi connectivity index (χ1) is 10.4. The van der Waals surface area contributed by atoms with Crippen molar-refractivity contribution in [3.8, 4) is 0 Å². The number of nitrogens with zero attached hydrogens (tertiary/aromatic N) is 6. The van der Waals surface area contributed by atoms with Crippen LogP contribution in [0.25, 0.3) is 0 Å². The summed E-state index contributed by atoms with van der Waals surface area (Å²) in [6, 6.07) is 0. The predicted molar refractivity (Wildman–Crippen MR) is 83.2 cm³/mol. The highest BCUT2D eigenvalue weighted by molar-refractivity contribution is 4.96. The Labute approximate surface area is 131 Å². The molecule has 0 amide bonds. The molecule has 0 aromatic carbocycles. The van der Waals surface area contributed by atoms with Crippen molar-refractivity contribution in [2.45, 2.75) is 65.6 Å². The summed E-state index contributed by atoms with van der Waals surface area (Å²) in [7, 11) is 0. The Bertz CT molecular complexity index is 569. The van der Waals surface area contributed by atoms with Gasteiger partial charge in [-0.05, 0) is 19.8 Å². The fourth-order valence-corrected chi connectivity index (χ4v) is 2.21. The summed E-state index contributed by atoms with van der Waals surface area (Å²) in [6.07, 6.45) is 5.90. The van der Waals surface area contributed by atoms with Crippen molar-refractivity contribution in [3.63, 3.8) is 0 Å². The van der Waals surface area contributed by atoms with Crippen LogP contribution in [0.2, 0.25) is 0 Å². The summed E-state index contributed by atoms with van der Waals surface area (Å²) in [4.78, 5) is 8.60. The molecule has 1 N–H and O–H groups in total. The molecule has 0 aliphatic rings. The molecule has 0 saturated heterocycles. The maximum Gasteiger partial charge on any atom is 0.151 e. The van der Waals surface area contributed by atoms with Crippen LogP contribution in [0.5, 0.6) is 0 Å². The van der Waals surface area contributed by atoms with Crippen molar-refractivity contribution in [2.75, 3.05) is 0 Å². The van der Waals surface area contributed by atoms with E-state index < -0.39 is 5.60 Å². The third-order valence-corrected chi connectivity index (χ3v) is 3.59. The molecule has 0 aliphatic heterocycles. The summed E-state index contributed by atoms with van der Waals surface area (Å²) in [5, 5.41) is 18.8. The third-order valence-electron chi connectivity index (χ3n) is 3.59. The number of aliphatic hydroxyl groups is 1. The molecule has 1 atom stereocenters. The molecular formula is C15H26N6O. The number of aryl methyl sites for hydroxylation is 2. The second-order valence-corrected chi connectivity index (χ2v) is 6.54. The van der Waals surface area contributed by atoms with Gasteiger partial charge < -0.3 is 5.11 Å². The van der Waals surface area contributed by atoms with Crippen LogP contribution in [0.15, 0.2) is 12.7 Å². The van der Waals surface area contributed by atoms with Gasteiger partial charge in [-0.1, -0.05) is 20.3 Å².